The van der Waals surface area contributed by atoms with Crippen molar-refractivity contribution in [3.05, 3.63) is 34.3 Å². The molecule has 0 aromatic heterocycles. The molecule has 1 amide bonds. The smallest absolute Gasteiger partial charge is 0.253 e. The number of benzene rings is 1. The number of aryl methyl sites for hydroxylation is 1. The monoisotopic (exact) mass is 338 g/mol. The van der Waals surface area contributed by atoms with Gasteiger partial charge in [0.1, 0.15) is 0 Å². The van der Waals surface area contributed by atoms with Crippen LogP contribution in [0.5, 0.6) is 0 Å². The molecule has 1 aromatic carbocycles. The van der Waals surface area contributed by atoms with Crippen molar-refractivity contribution in [2.45, 2.75) is 47.0 Å². The number of likely N-dealkylation sites (tertiary alicyclic amines) is 1. The number of piperidine rings is 1. The van der Waals surface area contributed by atoms with Gasteiger partial charge in [0.2, 0.25) is 0 Å². The van der Waals surface area contributed by atoms with E-state index in [0.717, 1.165) is 30.8 Å². The van der Waals surface area contributed by atoms with Gasteiger partial charge in [-0.05, 0) is 63.5 Å². The summed E-state index contributed by atoms with van der Waals surface area (Å²) in [6, 6.07) is 5.51. The van der Waals surface area contributed by atoms with Crippen molar-refractivity contribution in [2.24, 2.45) is 0 Å². The van der Waals surface area contributed by atoms with Crippen LogP contribution in [0.2, 0.25) is 5.02 Å². The Morgan fingerprint density at radius 1 is 1.22 bits per heavy atom. The van der Waals surface area contributed by atoms with Crippen LogP contribution >= 0.6 is 11.6 Å². The third kappa shape index (κ3) is 6.15. The maximum Gasteiger partial charge on any atom is 0.253 e. The minimum atomic E-state index is 0.106. The summed E-state index contributed by atoms with van der Waals surface area (Å²) >= 11 is 6.03. The Morgan fingerprint density at radius 2 is 1.87 bits per heavy atom. The van der Waals surface area contributed by atoms with E-state index >= 15 is 0 Å². The standard InChI is InChI=1S/C17H25ClN2O.C2H6/c1-3-20(12-11-19-9-5-4-6-10-19)17(21)15-7-8-16(18)14(2)13-15;1-2/h7-8,13H,3-6,9-12H2,1-2H3;1-2H3. The van der Waals surface area contributed by atoms with E-state index in [1.54, 1.807) is 0 Å². The molecule has 0 spiro atoms. The maximum absolute atomic E-state index is 12.6. The quantitative estimate of drug-likeness (QED) is 0.781. The lowest BCUT2D eigenvalue weighted by atomic mass is 10.1. The summed E-state index contributed by atoms with van der Waals surface area (Å²) in [5.74, 6) is 0.106. The van der Waals surface area contributed by atoms with Gasteiger partial charge in [-0.1, -0.05) is 31.9 Å². The number of hydrogen-bond acceptors (Lipinski definition) is 2. The lowest BCUT2D eigenvalue weighted by Gasteiger charge is -2.29. The minimum Gasteiger partial charge on any atom is -0.338 e. The first-order chi connectivity index (χ1) is 11.1. The molecule has 1 heterocycles. The summed E-state index contributed by atoms with van der Waals surface area (Å²) in [5.41, 5.74) is 1.69. The average molecular weight is 339 g/mol. The number of amides is 1. The molecule has 0 aliphatic carbocycles. The van der Waals surface area contributed by atoms with Gasteiger partial charge in [0, 0.05) is 30.2 Å². The Morgan fingerprint density at radius 3 is 2.43 bits per heavy atom. The highest BCUT2D eigenvalue weighted by molar-refractivity contribution is 6.31. The first kappa shape index (κ1) is 20.0. The van der Waals surface area contributed by atoms with E-state index in [1.807, 2.05) is 50.8 Å². The Kier molecular flexibility index (Phi) is 9.27. The summed E-state index contributed by atoms with van der Waals surface area (Å²) < 4.78 is 0. The molecule has 4 heteroatoms. The topological polar surface area (TPSA) is 23.6 Å². The number of hydrogen-bond donors (Lipinski definition) is 0. The number of likely N-dealkylation sites (N-methyl/N-ethyl adjacent to an activating group) is 1. The van der Waals surface area contributed by atoms with Gasteiger partial charge < -0.3 is 9.80 Å². The van der Waals surface area contributed by atoms with E-state index in [1.165, 1.54) is 32.4 Å². The Hall–Kier alpha value is -1.06. The largest absolute Gasteiger partial charge is 0.338 e. The van der Waals surface area contributed by atoms with Gasteiger partial charge in [0.05, 0.1) is 0 Å². The van der Waals surface area contributed by atoms with E-state index in [4.69, 9.17) is 11.6 Å². The molecule has 0 atom stereocenters. The molecule has 2 rings (SSSR count). The van der Waals surface area contributed by atoms with E-state index in [0.29, 0.717) is 5.02 Å². The molecule has 0 radical (unpaired) electrons. The van der Waals surface area contributed by atoms with E-state index in [-0.39, 0.29) is 5.91 Å². The molecule has 0 saturated carbocycles. The Labute approximate surface area is 146 Å². The molecule has 0 bridgehead atoms. The summed E-state index contributed by atoms with van der Waals surface area (Å²) in [5, 5.41) is 0.711. The number of halogens is 1. The van der Waals surface area contributed by atoms with Gasteiger partial charge in [-0.25, -0.2) is 0 Å². The van der Waals surface area contributed by atoms with Crippen LogP contribution in [0.4, 0.5) is 0 Å². The van der Waals surface area contributed by atoms with Crippen molar-refractivity contribution in [3.8, 4) is 0 Å². The van der Waals surface area contributed by atoms with Crippen LogP contribution < -0.4 is 0 Å². The molecule has 1 aromatic rings. The van der Waals surface area contributed by atoms with Crippen LogP contribution in [0.15, 0.2) is 18.2 Å². The molecule has 1 aliphatic rings. The van der Waals surface area contributed by atoms with Gasteiger partial charge in [0.15, 0.2) is 0 Å². The molecule has 0 unspecified atom stereocenters. The van der Waals surface area contributed by atoms with Gasteiger partial charge in [-0.2, -0.15) is 0 Å². The molecule has 3 nitrogen and oxygen atoms in total. The van der Waals surface area contributed by atoms with Crippen LogP contribution in [0.1, 0.15) is 56.0 Å². The van der Waals surface area contributed by atoms with Crippen molar-refractivity contribution in [3.63, 3.8) is 0 Å². The third-order valence-corrected chi connectivity index (χ3v) is 4.63. The number of nitrogens with zero attached hydrogens (tertiary/aromatic N) is 2. The highest BCUT2D eigenvalue weighted by Gasteiger charge is 2.17. The van der Waals surface area contributed by atoms with Crippen LogP contribution in [0.3, 0.4) is 0 Å². The predicted octanol–water partition coefficient (Wildman–Crippen LogP) is 4.62. The zero-order valence-electron chi connectivity index (χ0n) is 15.1. The van der Waals surface area contributed by atoms with E-state index in [9.17, 15) is 4.79 Å². The van der Waals surface area contributed by atoms with E-state index < -0.39 is 0 Å². The van der Waals surface area contributed by atoms with Crippen molar-refractivity contribution in [2.75, 3.05) is 32.7 Å². The zero-order chi connectivity index (χ0) is 17.2. The summed E-state index contributed by atoms with van der Waals surface area (Å²) in [4.78, 5) is 17.0. The van der Waals surface area contributed by atoms with Crippen molar-refractivity contribution < 1.29 is 4.79 Å². The van der Waals surface area contributed by atoms with E-state index in [2.05, 4.69) is 4.90 Å². The maximum atomic E-state index is 12.6. The van der Waals surface area contributed by atoms with Crippen LogP contribution in [-0.4, -0.2) is 48.4 Å². The number of rotatable bonds is 5. The number of carbonyl (C=O) groups excluding carboxylic acids is 1. The van der Waals surface area contributed by atoms with Gasteiger partial charge in [-0.3, -0.25) is 4.79 Å². The minimum absolute atomic E-state index is 0.106. The fourth-order valence-electron chi connectivity index (χ4n) is 2.81. The molecule has 130 valence electrons. The normalized spacial score (nSPS) is 14.8. The molecule has 1 fully saturated rings. The lowest BCUT2D eigenvalue weighted by Crippen LogP contribution is -2.40. The average Bonchev–Trinajstić information content (AvgIpc) is 2.60. The highest BCUT2D eigenvalue weighted by atomic mass is 35.5. The fraction of sp³-hybridized carbons (Fsp3) is 0.632. The summed E-state index contributed by atoms with van der Waals surface area (Å²) in [6.45, 7) is 12.8. The van der Waals surface area contributed by atoms with Crippen molar-refractivity contribution >= 4 is 17.5 Å². The SMILES string of the molecule is CC.CCN(CCN1CCCCC1)C(=O)c1ccc(Cl)c(C)c1. The second kappa shape index (κ2) is 10.7. The van der Waals surface area contributed by atoms with Gasteiger partial charge in [0.25, 0.3) is 5.91 Å². The summed E-state index contributed by atoms with van der Waals surface area (Å²) in [7, 11) is 0. The van der Waals surface area contributed by atoms with Gasteiger partial charge >= 0.3 is 0 Å². The van der Waals surface area contributed by atoms with Crippen LogP contribution in [0, 0.1) is 6.92 Å². The second-order valence-electron chi connectivity index (χ2n) is 5.75. The molecular formula is C19H31ClN2O. The lowest BCUT2D eigenvalue weighted by molar-refractivity contribution is 0.0739. The third-order valence-electron chi connectivity index (χ3n) is 4.21. The van der Waals surface area contributed by atoms with Crippen LogP contribution in [0.25, 0.3) is 0 Å². The Balaban J connectivity index is 0.00000127. The second-order valence-corrected chi connectivity index (χ2v) is 6.16. The molecule has 0 N–H and O–H groups in total. The van der Waals surface area contributed by atoms with Crippen molar-refractivity contribution in [1.29, 1.82) is 0 Å². The Bertz CT molecular complexity index is 484. The summed E-state index contributed by atoms with van der Waals surface area (Å²) in [6.07, 6.45) is 3.92. The zero-order valence-corrected chi connectivity index (χ0v) is 15.8. The van der Waals surface area contributed by atoms with Crippen molar-refractivity contribution in [1.82, 2.24) is 9.80 Å². The first-order valence-corrected chi connectivity index (χ1v) is 9.27. The first-order valence-electron chi connectivity index (χ1n) is 8.89. The molecule has 1 aliphatic heterocycles. The fourth-order valence-corrected chi connectivity index (χ4v) is 2.93. The molecule has 23 heavy (non-hydrogen) atoms. The highest BCUT2D eigenvalue weighted by Crippen LogP contribution is 2.17. The molecule has 1 saturated heterocycles. The number of carbonyl (C=O) groups is 1. The van der Waals surface area contributed by atoms with Crippen LogP contribution in [-0.2, 0) is 0 Å². The van der Waals surface area contributed by atoms with Gasteiger partial charge in [-0.15, -0.1) is 0 Å². The molecular weight excluding hydrogens is 308 g/mol. The predicted molar refractivity (Wildman–Crippen MR) is 99.4 cm³/mol.